The van der Waals surface area contributed by atoms with Gasteiger partial charge in [0.25, 0.3) is 0 Å². The van der Waals surface area contributed by atoms with Crippen molar-refractivity contribution in [2.45, 2.75) is 19.1 Å². The predicted molar refractivity (Wildman–Crippen MR) is 79.7 cm³/mol. The fourth-order valence-electron chi connectivity index (χ4n) is 2.19. The lowest BCUT2D eigenvalue weighted by Gasteiger charge is -2.27. The van der Waals surface area contributed by atoms with Gasteiger partial charge in [-0.1, -0.05) is 30.3 Å². The van der Waals surface area contributed by atoms with E-state index in [9.17, 15) is 5.11 Å². The Morgan fingerprint density at radius 2 is 1.94 bits per heavy atom. The number of hydrogen-bond acceptors (Lipinski definition) is 3. The number of benzene rings is 1. The fourth-order valence-corrected chi connectivity index (χ4v) is 2.19. The van der Waals surface area contributed by atoms with Gasteiger partial charge in [0.1, 0.15) is 0 Å². The fraction of sp³-hybridized carbons (Fsp3) is 0.538. The Balaban J connectivity index is 0.00000144. The first-order valence-corrected chi connectivity index (χ1v) is 5.85. The van der Waals surface area contributed by atoms with Crippen molar-refractivity contribution in [3.63, 3.8) is 0 Å². The highest BCUT2D eigenvalue weighted by molar-refractivity contribution is 5.85. The molecule has 1 fully saturated rings. The Morgan fingerprint density at radius 1 is 1.28 bits per heavy atom. The second kappa shape index (κ2) is 7.97. The highest BCUT2D eigenvalue weighted by Gasteiger charge is 2.26. The number of rotatable bonds is 2. The Morgan fingerprint density at radius 3 is 2.61 bits per heavy atom. The lowest BCUT2D eigenvalue weighted by molar-refractivity contribution is 0.0321. The van der Waals surface area contributed by atoms with Crippen LogP contribution in [0.15, 0.2) is 30.3 Å². The van der Waals surface area contributed by atoms with Crippen LogP contribution in [0.1, 0.15) is 12.5 Å². The maximum absolute atomic E-state index is 10.1. The van der Waals surface area contributed by atoms with E-state index in [0.29, 0.717) is 6.54 Å². The molecule has 18 heavy (non-hydrogen) atoms. The summed E-state index contributed by atoms with van der Waals surface area (Å²) in [6, 6.07) is 10.4. The molecule has 1 saturated heterocycles. The molecule has 0 spiro atoms. The molecule has 1 aliphatic heterocycles. The van der Waals surface area contributed by atoms with Crippen molar-refractivity contribution in [3.05, 3.63) is 35.9 Å². The Bertz CT molecular complexity index is 333. The third-order valence-corrected chi connectivity index (χ3v) is 2.92. The van der Waals surface area contributed by atoms with Crippen LogP contribution in [0.3, 0.4) is 0 Å². The number of halogens is 2. The maximum Gasteiger partial charge on any atom is 0.0869 e. The zero-order valence-electron chi connectivity index (χ0n) is 10.6. The van der Waals surface area contributed by atoms with Gasteiger partial charge in [0.05, 0.1) is 5.60 Å². The first-order valence-electron chi connectivity index (χ1n) is 5.85. The summed E-state index contributed by atoms with van der Waals surface area (Å²) in [5.74, 6) is 0. The molecular formula is C13H22Cl2N2O. The Labute approximate surface area is 121 Å². The van der Waals surface area contributed by atoms with Crippen LogP contribution in [0, 0.1) is 0 Å². The largest absolute Gasteiger partial charge is 0.388 e. The molecule has 2 N–H and O–H groups in total. The smallest absolute Gasteiger partial charge is 0.0869 e. The Hall–Kier alpha value is -0.320. The summed E-state index contributed by atoms with van der Waals surface area (Å²) >= 11 is 0. The lowest BCUT2D eigenvalue weighted by Crippen LogP contribution is -2.43. The second-order valence-corrected chi connectivity index (χ2v) is 4.87. The van der Waals surface area contributed by atoms with Crippen LogP contribution in [0.4, 0.5) is 0 Å². The standard InChI is InChI=1S/C13H20N2O.2ClH/c1-13(16)10-14-7-8-15(11-13)9-12-5-3-2-4-6-12;;/h2-6,14,16H,7-11H2,1H3;2*1H. The molecule has 2 rings (SSSR count). The molecular weight excluding hydrogens is 271 g/mol. The summed E-state index contributed by atoms with van der Waals surface area (Å²) in [7, 11) is 0. The summed E-state index contributed by atoms with van der Waals surface area (Å²) in [6.07, 6.45) is 0. The van der Waals surface area contributed by atoms with Gasteiger partial charge in [0.15, 0.2) is 0 Å². The molecule has 1 atom stereocenters. The van der Waals surface area contributed by atoms with Gasteiger partial charge in [0, 0.05) is 32.7 Å². The van der Waals surface area contributed by atoms with Crippen molar-refractivity contribution < 1.29 is 5.11 Å². The van der Waals surface area contributed by atoms with Gasteiger partial charge in [-0.25, -0.2) is 0 Å². The molecule has 0 amide bonds. The van der Waals surface area contributed by atoms with Crippen molar-refractivity contribution >= 4 is 24.8 Å². The third-order valence-electron chi connectivity index (χ3n) is 2.92. The highest BCUT2D eigenvalue weighted by atomic mass is 35.5. The average Bonchev–Trinajstić information content (AvgIpc) is 2.40. The van der Waals surface area contributed by atoms with E-state index in [-0.39, 0.29) is 24.8 Å². The van der Waals surface area contributed by atoms with Crippen LogP contribution in [-0.2, 0) is 6.54 Å². The highest BCUT2D eigenvalue weighted by Crippen LogP contribution is 2.11. The number of β-amino-alcohol motifs (C(OH)–C–C–N with tert-alkyl or cyclic N) is 1. The van der Waals surface area contributed by atoms with E-state index in [1.54, 1.807) is 0 Å². The molecule has 104 valence electrons. The van der Waals surface area contributed by atoms with Gasteiger partial charge < -0.3 is 10.4 Å². The molecule has 1 aromatic carbocycles. The molecule has 0 aliphatic carbocycles. The molecule has 0 bridgehead atoms. The normalized spacial score (nSPS) is 24.6. The van der Waals surface area contributed by atoms with E-state index in [1.165, 1.54) is 5.56 Å². The molecule has 5 heteroatoms. The summed E-state index contributed by atoms with van der Waals surface area (Å²) in [5, 5.41) is 13.4. The van der Waals surface area contributed by atoms with E-state index in [4.69, 9.17) is 0 Å². The van der Waals surface area contributed by atoms with E-state index in [1.807, 2.05) is 13.0 Å². The third kappa shape index (κ3) is 5.55. The molecule has 1 heterocycles. The molecule has 3 nitrogen and oxygen atoms in total. The topological polar surface area (TPSA) is 35.5 Å². The summed E-state index contributed by atoms with van der Waals surface area (Å²) in [6.45, 7) is 6.16. The predicted octanol–water partition coefficient (Wildman–Crippen LogP) is 1.69. The minimum Gasteiger partial charge on any atom is -0.388 e. The molecule has 1 aliphatic rings. The van der Waals surface area contributed by atoms with Crippen LogP contribution < -0.4 is 5.32 Å². The van der Waals surface area contributed by atoms with E-state index >= 15 is 0 Å². The monoisotopic (exact) mass is 292 g/mol. The molecule has 0 radical (unpaired) electrons. The Kier molecular flexibility index (Phi) is 7.83. The average molecular weight is 293 g/mol. The SMILES string of the molecule is CC1(O)CNCCN(Cc2ccccc2)C1.Cl.Cl. The van der Waals surface area contributed by atoms with Crippen LogP contribution in [0.2, 0.25) is 0 Å². The zero-order chi connectivity index (χ0) is 11.4. The first-order chi connectivity index (χ1) is 7.66. The second-order valence-electron chi connectivity index (χ2n) is 4.87. The van der Waals surface area contributed by atoms with E-state index in [0.717, 1.165) is 26.2 Å². The van der Waals surface area contributed by atoms with Crippen molar-refractivity contribution in [2.75, 3.05) is 26.2 Å². The molecule has 0 aromatic heterocycles. The van der Waals surface area contributed by atoms with Gasteiger partial charge in [-0.3, -0.25) is 4.90 Å². The van der Waals surface area contributed by atoms with Crippen LogP contribution in [-0.4, -0.2) is 41.8 Å². The van der Waals surface area contributed by atoms with Crippen molar-refractivity contribution in [1.29, 1.82) is 0 Å². The maximum atomic E-state index is 10.1. The molecule has 1 aromatic rings. The molecule has 0 saturated carbocycles. The number of aliphatic hydroxyl groups is 1. The van der Waals surface area contributed by atoms with Crippen molar-refractivity contribution in [1.82, 2.24) is 10.2 Å². The van der Waals surface area contributed by atoms with Gasteiger partial charge in [-0.05, 0) is 12.5 Å². The van der Waals surface area contributed by atoms with E-state index in [2.05, 4.69) is 34.5 Å². The minimum absolute atomic E-state index is 0. The number of nitrogens with one attached hydrogen (secondary N) is 1. The minimum atomic E-state index is -0.620. The van der Waals surface area contributed by atoms with Gasteiger partial charge in [0.2, 0.25) is 0 Å². The van der Waals surface area contributed by atoms with Gasteiger partial charge >= 0.3 is 0 Å². The van der Waals surface area contributed by atoms with Crippen LogP contribution >= 0.6 is 24.8 Å². The summed E-state index contributed by atoms with van der Waals surface area (Å²) in [5.41, 5.74) is 0.686. The van der Waals surface area contributed by atoms with Crippen LogP contribution in [0.25, 0.3) is 0 Å². The summed E-state index contributed by atoms with van der Waals surface area (Å²) in [4.78, 5) is 2.30. The van der Waals surface area contributed by atoms with Gasteiger partial charge in [-0.15, -0.1) is 24.8 Å². The van der Waals surface area contributed by atoms with E-state index < -0.39 is 5.60 Å². The molecule has 1 unspecified atom stereocenters. The lowest BCUT2D eigenvalue weighted by atomic mass is 10.1. The van der Waals surface area contributed by atoms with Crippen molar-refractivity contribution in [3.8, 4) is 0 Å². The number of hydrogen-bond donors (Lipinski definition) is 2. The first kappa shape index (κ1) is 17.7. The number of nitrogens with zero attached hydrogens (tertiary/aromatic N) is 1. The van der Waals surface area contributed by atoms with Gasteiger partial charge in [-0.2, -0.15) is 0 Å². The quantitative estimate of drug-likeness (QED) is 0.871. The summed E-state index contributed by atoms with van der Waals surface area (Å²) < 4.78 is 0. The van der Waals surface area contributed by atoms with Crippen molar-refractivity contribution in [2.24, 2.45) is 0 Å². The van der Waals surface area contributed by atoms with Crippen LogP contribution in [0.5, 0.6) is 0 Å². The zero-order valence-corrected chi connectivity index (χ0v) is 12.3.